The van der Waals surface area contributed by atoms with Gasteiger partial charge in [0.05, 0.1) is 17.7 Å². The summed E-state index contributed by atoms with van der Waals surface area (Å²) >= 11 is 0. The first-order chi connectivity index (χ1) is 10.7. The third kappa shape index (κ3) is 3.40. The number of nitrogens with one attached hydrogen (secondary N) is 1. The Bertz CT molecular complexity index is 815. The van der Waals surface area contributed by atoms with Crippen molar-refractivity contribution in [1.82, 2.24) is 14.5 Å². The van der Waals surface area contributed by atoms with Crippen LogP contribution >= 0.6 is 0 Å². The molecule has 0 amide bonds. The van der Waals surface area contributed by atoms with E-state index in [9.17, 15) is 8.42 Å². The summed E-state index contributed by atoms with van der Waals surface area (Å²) in [6.07, 6.45) is 0. The molecule has 0 fully saturated rings. The first-order valence-corrected chi connectivity index (χ1v) is 8.79. The molecule has 23 heavy (non-hydrogen) atoms. The Morgan fingerprint density at radius 2 is 1.74 bits per heavy atom. The molecule has 1 heterocycles. The van der Waals surface area contributed by atoms with Crippen LogP contribution in [0, 0.1) is 27.7 Å². The van der Waals surface area contributed by atoms with Crippen LogP contribution in [0.3, 0.4) is 0 Å². The molecule has 0 saturated carbocycles. The zero-order valence-electron chi connectivity index (χ0n) is 14.4. The van der Waals surface area contributed by atoms with Crippen LogP contribution < -0.4 is 9.46 Å². The van der Waals surface area contributed by atoms with Crippen molar-refractivity contribution in [2.75, 3.05) is 7.11 Å². The molecule has 0 unspecified atom stereocenters. The van der Waals surface area contributed by atoms with Crippen LogP contribution in [-0.4, -0.2) is 25.3 Å². The van der Waals surface area contributed by atoms with E-state index < -0.39 is 10.0 Å². The molecule has 2 aromatic rings. The van der Waals surface area contributed by atoms with E-state index in [1.54, 1.807) is 37.8 Å². The van der Waals surface area contributed by atoms with E-state index in [0.717, 1.165) is 17.0 Å². The fourth-order valence-electron chi connectivity index (χ4n) is 2.76. The SMILES string of the molecule is COc1cc(C)c(S(=O)(=O)NCc2c(C)nn(C)c2C)c(C)c1. The molecular formula is C16H23N3O3S. The van der Waals surface area contributed by atoms with Gasteiger partial charge in [-0.2, -0.15) is 5.10 Å². The molecule has 0 saturated heterocycles. The summed E-state index contributed by atoms with van der Waals surface area (Å²) in [6, 6.07) is 3.45. The number of aryl methyl sites for hydroxylation is 4. The van der Waals surface area contributed by atoms with Gasteiger partial charge in [0.15, 0.2) is 0 Å². The van der Waals surface area contributed by atoms with Crippen molar-refractivity contribution in [3.8, 4) is 5.75 Å². The number of benzene rings is 1. The van der Waals surface area contributed by atoms with Gasteiger partial charge in [-0.15, -0.1) is 0 Å². The molecule has 0 aliphatic rings. The van der Waals surface area contributed by atoms with Gasteiger partial charge >= 0.3 is 0 Å². The van der Waals surface area contributed by atoms with Crippen molar-refractivity contribution < 1.29 is 13.2 Å². The van der Waals surface area contributed by atoms with E-state index >= 15 is 0 Å². The summed E-state index contributed by atoms with van der Waals surface area (Å²) < 4.78 is 35.0. The molecule has 0 aliphatic carbocycles. The number of sulfonamides is 1. The molecule has 2 rings (SSSR count). The minimum Gasteiger partial charge on any atom is -0.497 e. The van der Waals surface area contributed by atoms with Gasteiger partial charge in [0, 0.05) is 24.8 Å². The Balaban J connectivity index is 2.33. The van der Waals surface area contributed by atoms with E-state index in [1.165, 1.54) is 0 Å². The lowest BCUT2D eigenvalue weighted by Crippen LogP contribution is -2.25. The lowest BCUT2D eigenvalue weighted by atomic mass is 10.1. The second kappa shape index (κ2) is 6.33. The zero-order valence-corrected chi connectivity index (χ0v) is 15.2. The van der Waals surface area contributed by atoms with Gasteiger partial charge in [-0.05, 0) is 51.0 Å². The number of nitrogens with zero attached hydrogens (tertiary/aromatic N) is 2. The topological polar surface area (TPSA) is 73.2 Å². The van der Waals surface area contributed by atoms with E-state index in [4.69, 9.17) is 4.74 Å². The van der Waals surface area contributed by atoms with Gasteiger partial charge in [0.1, 0.15) is 5.75 Å². The molecule has 6 nitrogen and oxygen atoms in total. The molecule has 7 heteroatoms. The molecule has 0 radical (unpaired) electrons. The molecule has 1 aromatic carbocycles. The molecule has 0 spiro atoms. The highest BCUT2D eigenvalue weighted by atomic mass is 32.2. The summed E-state index contributed by atoms with van der Waals surface area (Å²) in [5.41, 5.74) is 4.01. The van der Waals surface area contributed by atoms with Gasteiger partial charge in [-0.25, -0.2) is 13.1 Å². The number of rotatable bonds is 5. The lowest BCUT2D eigenvalue weighted by molar-refractivity contribution is 0.413. The predicted octanol–water partition coefficient (Wildman–Crippen LogP) is 2.14. The van der Waals surface area contributed by atoms with Crippen LogP contribution in [0.1, 0.15) is 28.1 Å². The molecule has 0 atom stereocenters. The Hall–Kier alpha value is -1.86. The molecular weight excluding hydrogens is 314 g/mol. The smallest absolute Gasteiger partial charge is 0.241 e. The predicted molar refractivity (Wildman–Crippen MR) is 89.2 cm³/mol. The summed E-state index contributed by atoms with van der Waals surface area (Å²) in [5, 5.41) is 4.31. The molecule has 0 aliphatic heterocycles. The van der Waals surface area contributed by atoms with Gasteiger partial charge in [0.25, 0.3) is 0 Å². The Labute approximate surface area is 137 Å². The van der Waals surface area contributed by atoms with Gasteiger partial charge < -0.3 is 4.74 Å². The number of methoxy groups -OCH3 is 1. The van der Waals surface area contributed by atoms with Crippen molar-refractivity contribution in [2.24, 2.45) is 7.05 Å². The van der Waals surface area contributed by atoms with Crippen molar-refractivity contribution in [2.45, 2.75) is 39.1 Å². The Morgan fingerprint density at radius 1 is 1.17 bits per heavy atom. The lowest BCUT2D eigenvalue weighted by Gasteiger charge is -2.14. The molecule has 1 aromatic heterocycles. The first-order valence-electron chi connectivity index (χ1n) is 7.31. The van der Waals surface area contributed by atoms with Crippen molar-refractivity contribution >= 4 is 10.0 Å². The average Bonchev–Trinajstić information content (AvgIpc) is 2.69. The highest BCUT2D eigenvalue weighted by Crippen LogP contribution is 2.26. The van der Waals surface area contributed by atoms with Crippen molar-refractivity contribution in [3.05, 3.63) is 40.2 Å². The van der Waals surface area contributed by atoms with Crippen molar-refractivity contribution in [1.29, 1.82) is 0 Å². The average molecular weight is 337 g/mol. The maximum atomic E-state index is 12.7. The Morgan fingerprint density at radius 3 is 2.17 bits per heavy atom. The minimum absolute atomic E-state index is 0.221. The number of hydrogen-bond donors (Lipinski definition) is 1. The maximum Gasteiger partial charge on any atom is 0.241 e. The normalized spacial score (nSPS) is 11.7. The molecule has 0 bridgehead atoms. The van der Waals surface area contributed by atoms with Crippen LogP contribution in [0.15, 0.2) is 17.0 Å². The highest BCUT2D eigenvalue weighted by molar-refractivity contribution is 7.89. The molecule has 126 valence electrons. The standard InChI is InChI=1S/C16H23N3O3S/c1-10-7-14(22-6)8-11(2)16(10)23(20,21)17-9-15-12(3)18-19(5)13(15)4/h7-8,17H,9H2,1-6H3. The van der Waals surface area contributed by atoms with Crippen LogP contribution in [0.4, 0.5) is 0 Å². The van der Waals surface area contributed by atoms with Crippen LogP contribution in [0.25, 0.3) is 0 Å². The third-order valence-electron chi connectivity index (χ3n) is 4.04. The van der Waals surface area contributed by atoms with Gasteiger partial charge in [0.2, 0.25) is 10.0 Å². The Kier molecular flexibility index (Phi) is 4.81. The van der Waals surface area contributed by atoms with E-state index in [1.807, 2.05) is 20.9 Å². The van der Waals surface area contributed by atoms with Gasteiger partial charge in [-0.3, -0.25) is 4.68 Å². The number of ether oxygens (including phenoxy) is 1. The second-order valence-electron chi connectivity index (χ2n) is 5.69. The summed E-state index contributed by atoms with van der Waals surface area (Å²) in [4.78, 5) is 0.303. The van der Waals surface area contributed by atoms with Crippen LogP contribution in [0.2, 0.25) is 0 Å². The van der Waals surface area contributed by atoms with Crippen LogP contribution in [0.5, 0.6) is 5.75 Å². The van der Waals surface area contributed by atoms with Crippen LogP contribution in [-0.2, 0) is 23.6 Å². The largest absolute Gasteiger partial charge is 0.497 e. The monoisotopic (exact) mass is 337 g/mol. The second-order valence-corrected chi connectivity index (χ2v) is 7.39. The summed E-state index contributed by atoms with van der Waals surface area (Å²) in [5.74, 6) is 0.651. The van der Waals surface area contributed by atoms with Crippen molar-refractivity contribution in [3.63, 3.8) is 0 Å². The third-order valence-corrected chi connectivity index (χ3v) is 5.74. The fraction of sp³-hybridized carbons (Fsp3) is 0.438. The number of aromatic nitrogens is 2. The summed E-state index contributed by atoms with van der Waals surface area (Å²) in [7, 11) is -0.202. The van der Waals surface area contributed by atoms with E-state index in [2.05, 4.69) is 9.82 Å². The van der Waals surface area contributed by atoms with Gasteiger partial charge in [-0.1, -0.05) is 0 Å². The number of hydrogen-bond acceptors (Lipinski definition) is 4. The van der Waals surface area contributed by atoms with E-state index in [-0.39, 0.29) is 6.54 Å². The quantitative estimate of drug-likeness (QED) is 0.907. The summed E-state index contributed by atoms with van der Waals surface area (Å²) in [6.45, 7) is 7.56. The molecule has 1 N–H and O–H groups in total. The fourth-order valence-corrected chi connectivity index (χ4v) is 4.21. The minimum atomic E-state index is -3.61. The van der Waals surface area contributed by atoms with E-state index in [0.29, 0.717) is 21.8 Å². The highest BCUT2D eigenvalue weighted by Gasteiger charge is 2.21. The zero-order chi connectivity index (χ0) is 17.4. The first kappa shape index (κ1) is 17.5. The maximum absolute atomic E-state index is 12.7.